The van der Waals surface area contributed by atoms with Crippen molar-refractivity contribution in [1.29, 1.82) is 0 Å². The Labute approximate surface area is 147 Å². The van der Waals surface area contributed by atoms with E-state index in [9.17, 15) is 0 Å². The smallest absolute Gasteiger partial charge is 0.225 e. The van der Waals surface area contributed by atoms with Crippen molar-refractivity contribution in [3.63, 3.8) is 0 Å². The van der Waals surface area contributed by atoms with Crippen LogP contribution < -0.4 is 20.9 Å². The first-order chi connectivity index (χ1) is 12.1. The molecular formula is C14H16N8O2S. The summed E-state index contributed by atoms with van der Waals surface area (Å²) in [4.78, 5) is 16.2. The normalized spacial score (nSPS) is 10.6. The summed E-state index contributed by atoms with van der Waals surface area (Å²) in [6.07, 6.45) is 0. The van der Waals surface area contributed by atoms with E-state index in [-0.39, 0.29) is 11.9 Å². The molecule has 0 aliphatic heterocycles. The Balaban J connectivity index is 1.76. The number of hydrogen-bond acceptors (Lipinski definition) is 10. The maximum absolute atomic E-state index is 5.55. The van der Waals surface area contributed by atoms with Gasteiger partial charge in [0.2, 0.25) is 17.1 Å². The van der Waals surface area contributed by atoms with E-state index >= 15 is 0 Å². The summed E-state index contributed by atoms with van der Waals surface area (Å²) in [7, 11) is 3.18. The van der Waals surface area contributed by atoms with Gasteiger partial charge in [-0.1, -0.05) is 11.8 Å². The summed E-state index contributed by atoms with van der Waals surface area (Å²) in [6.45, 7) is 0. The van der Waals surface area contributed by atoms with Crippen LogP contribution in [0, 0.1) is 0 Å². The molecule has 0 bridgehead atoms. The summed E-state index contributed by atoms with van der Waals surface area (Å²) in [5.41, 5.74) is 11.9. The van der Waals surface area contributed by atoms with Crippen LogP contribution in [0.3, 0.4) is 0 Å². The number of ether oxygens (including phenoxy) is 2. The number of thioether (sulfide) groups is 1. The van der Waals surface area contributed by atoms with E-state index in [0.717, 1.165) is 5.56 Å². The average Bonchev–Trinajstić information content (AvgIpc) is 3.07. The minimum Gasteiger partial charge on any atom is -0.497 e. The highest BCUT2D eigenvalue weighted by atomic mass is 32.2. The fourth-order valence-corrected chi connectivity index (χ4v) is 2.73. The number of H-pyrrole nitrogens is 1. The van der Waals surface area contributed by atoms with Gasteiger partial charge in [-0.2, -0.15) is 15.0 Å². The standard InChI is InChI=1S/C14H16N8O2S/c1-23-7-3-4-8(9(5-7)24-2)11-19-14(22-21-11)25-6-10-17-12(15)20-13(16)18-10/h3-5H,6H2,1-2H3,(H,19,21,22)(H4,15,16,17,18,20). The van der Waals surface area contributed by atoms with Crippen molar-refractivity contribution in [2.75, 3.05) is 25.7 Å². The van der Waals surface area contributed by atoms with Crippen molar-refractivity contribution in [1.82, 2.24) is 30.1 Å². The molecule has 0 aliphatic rings. The van der Waals surface area contributed by atoms with Gasteiger partial charge in [-0.05, 0) is 12.1 Å². The van der Waals surface area contributed by atoms with Gasteiger partial charge < -0.3 is 20.9 Å². The molecule has 11 heteroatoms. The zero-order valence-electron chi connectivity index (χ0n) is 13.6. The van der Waals surface area contributed by atoms with E-state index in [0.29, 0.717) is 34.1 Å². The molecule has 3 aromatic rings. The zero-order chi connectivity index (χ0) is 17.8. The number of nitrogens with zero attached hydrogens (tertiary/aromatic N) is 5. The van der Waals surface area contributed by atoms with Crippen molar-refractivity contribution in [3.05, 3.63) is 24.0 Å². The molecule has 5 N–H and O–H groups in total. The Morgan fingerprint density at radius 3 is 2.48 bits per heavy atom. The van der Waals surface area contributed by atoms with E-state index in [1.165, 1.54) is 11.8 Å². The third kappa shape index (κ3) is 3.88. The Bertz CT molecular complexity index is 865. The van der Waals surface area contributed by atoms with Crippen molar-refractivity contribution < 1.29 is 9.47 Å². The Hall–Kier alpha value is -3.08. The first-order valence-electron chi connectivity index (χ1n) is 7.12. The van der Waals surface area contributed by atoms with E-state index in [1.807, 2.05) is 12.1 Å². The summed E-state index contributed by atoms with van der Waals surface area (Å²) in [5, 5.41) is 7.60. The third-order valence-corrected chi connectivity index (χ3v) is 4.02. The largest absolute Gasteiger partial charge is 0.497 e. The SMILES string of the molecule is COc1ccc(-c2nc(SCc3nc(N)nc(N)n3)n[nH]2)c(OC)c1. The predicted octanol–water partition coefficient (Wildman–Crippen LogP) is 1.13. The van der Waals surface area contributed by atoms with Crippen LogP contribution in [0.1, 0.15) is 5.82 Å². The number of nitrogens with two attached hydrogens (primary N) is 2. The molecule has 0 saturated heterocycles. The van der Waals surface area contributed by atoms with Gasteiger partial charge in [0.15, 0.2) is 5.82 Å². The molecule has 0 saturated carbocycles. The van der Waals surface area contributed by atoms with Crippen LogP contribution in [0.15, 0.2) is 23.4 Å². The van der Waals surface area contributed by atoms with E-state index < -0.39 is 0 Å². The maximum atomic E-state index is 5.55. The lowest BCUT2D eigenvalue weighted by Crippen LogP contribution is -2.05. The van der Waals surface area contributed by atoms with Crippen LogP contribution in [-0.4, -0.2) is 44.4 Å². The summed E-state index contributed by atoms with van der Waals surface area (Å²) in [6, 6.07) is 5.45. The van der Waals surface area contributed by atoms with Crippen molar-refractivity contribution >= 4 is 23.7 Å². The molecule has 25 heavy (non-hydrogen) atoms. The Morgan fingerprint density at radius 1 is 1.04 bits per heavy atom. The van der Waals surface area contributed by atoms with Gasteiger partial charge in [-0.15, -0.1) is 5.10 Å². The highest BCUT2D eigenvalue weighted by Gasteiger charge is 2.13. The molecule has 10 nitrogen and oxygen atoms in total. The second kappa shape index (κ2) is 7.21. The molecule has 0 spiro atoms. The molecule has 3 rings (SSSR count). The van der Waals surface area contributed by atoms with Gasteiger partial charge >= 0.3 is 0 Å². The summed E-state index contributed by atoms with van der Waals surface area (Å²) < 4.78 is 10.6. The van der Waals surface area contributed by atoms with Crippen molar-refractivity contribution in [2.45, 2.75) is 10.9 Å². The molecule has 0 atom stereocenters. The summed E-state index contributed by atoms with van der Waals surface area (Å²) >= 11 is 1.34. The van der Waals surface area contributed by atoms with Gasteiger partial charge in [0, 0.05) is 6.07 Å². The monoisotopic (exact) mass is 360 g/mol. The van der Waals surface area contributed by atoms with Crippen LogP contribution >= 0.6 is 11.8 Å². The highest BCUT2D eigenvalue weighted by molar-refractivity contribution is 7.98. The predicted molar refractivity (Wildman–Crippen MR) is 93.1 cm³/mol. The highest BCUT2D eigenvalue weighted by Crippen LogP contribution is 2.32. The molecule has 130 valence electrons. The quantitative estimate of drug-likeness (QED) is 0.545. The lowest BCUT2D eigenvalue weighted by Gasteiger charge is -2.07. The topological polar surface area (TPSA) is 151 Å². The number of aromatic amines is 1. The van der Waals surface area contributed by atoms with Crippen LogP contribution in [-0.2, 0) is 5.75 Å². The number of methoxy groups -OCH3 is 2. The number of nitrogens with one attached hydrogen (secondary N) is 1. The number of benzene rings is 1. The number of aromatic nitrogens is 6. The Morgan fingerprint density at radius 2 is 1.80 bits per heavy atom. The van der Waals surface area contributed by atoms with Crippen LogP contribution in [0.25, 0.3) is 11.4 Å². The zero-order valence-corrected chi connectivity index (χ0v) is 14.4. The number of nitrogen functional groups attached to an aromatic ring is 2. The fraction of sp³-hybridized carbons (Fsp3) is 0.214. The number of rotatable bonds is 6. The van der Waals surface area contributed by atoms with E-state index in [4.69, 9.17) is 20.9 Å². The third-order valence-electron chi connectivity index (χ3n) is 3.18. The summed E-state index contributed by atoms with van der Waals surface area (Å²) in [5.74, 6) is 2.95. The average molecular weight is 360 g/mol. The molecule has 2 heterocycles. The lowest BCUT2D eigenvalue weighted by atomic mass is 10.2. The maximum Gasteiger partial charge on any atom is 0.225 e. The van der Waals surface area contributed by atoms with Crippen LogP contribution in [0.4, 0.5) is 11.9 Å². The molecular weight excluding hydrogens is 344 g/mol. The molecule has 2 aromatic heterocycles. The fourth-order valence-electron chi connectivity index (χ4n) is 2.08. The van der Waals surface area contributed by atoms with Crippen LogP contribution in [0.5, 0.6) is 11.5 Å². The van der Waals surface area contributed by atoms with E-state index in [2.05, 4.69) is 30.1 Å². The van der Waals surface area contributed by atoms with E-state index in [1.54, 1.807) is 20.3 Å². The molecule has 0 aliphatic carbocycles. The van der Waals surface area contributed by atoms with Gasteiger partial charge in [0.1, 0.15) is 17.3 Å². The van der Waals surface area contributed by atoms with Gasteiger partial charge in [-0.3, -0.25) is 5.10 Å². The molecule has 0 unspecified atom stereocenters. The second-order valence-electron chi connectivity index (χ2n) is 4.79. The first-order valence-corrected chi connectivity index (χ1v) is 8.11. The van der Waals surface area contributed by atoms with Crippen molar-refractivity contribution in [3.8, 4) is 22.9 Å². The Kier molecular flexibility index (Phi) is 4.84. The van der Waals surface area contributed by atoms with Crippen LogP contribution in [0.2, 0.25) is 0 Å². The molecule has 0 amide bonds. The lowest BCUT2D eigenvalue weighted by molar-refractivity contribution is 0.395. The number of hydrogen-bond donors (Lipinski definition) is 3. The van der Waals surface area contributed by atoms with Gasteiger partial charge in [0.05, 0.1) is 25.5 Å². The first kappa shape index (κ1) is 16.8. The van der Waals surface area contributed by atoms with Gasteiger partial charge in [0.25, 0.3) is 0 Å². The second-order valence-corrected chi connectivity index (χ2v) is 5.73. The van der Waals surface area contributed by atoms with Crippen molar-refractivity contribution in [2.24, 2.45) is 0 Å². The van der Waals surface area contributed by atoms with Gasteiger partial charge in [-0.25, -0.2) is 4.98 Å². The molecule has 0 fully saturated rings. The minimum absolute atomic E-state index is 0.0849. The molecule has 0 radical (unpaired) electrons. The molecule has 1 aromatic carbocycles. The minimum atomic E-state index is 0.0849. The number of anilines is 2.